The molecule has 2 atom stereocenters. The van der Waals surface area contributed by atoms with Crippen molar-refractivity contribution in [2.75, 3.05) is 7.11 Å². The van der Waals surface area contributed by atoms with Crippen LogP contribution in [0.1, 0.15) is 25.3 Å². The normalized spacial score (nSPS) is 14.6. The smallest absolute Gasteiger partial charge is 0.315 e. The number of carbonyl (C=O) groups excluding carboxylic acids is 1. The lowest BCUT2D eigenvalue weighted by Crippen LogP contribution is -2.31. The van der Waals surface area contributed by atoms with Crippen LogP contribution in [-0.2, 0) is 9.53 Å². The second-order valence-corrected chi connectivity index (χ2v) is 4.15. The van der Waals surface area contributed by atoms with Crippen LogP contribution < -0.4 is 0 Å². The molecule has 0 spiro atoms. The molecular weight excluding hydrogens is 204 g/mol. The zero-order valence-electron chi connectivity index (χ0n) is 9.88. The summed E-state index contributed by atoms with van der Waals surface area (Å²) in [6, 6.07) is 9.22. The molecule has 0 aliphatic carbocycles. The molecule has 0 aromatic heterocycles. The third kappa shape index (κ3) is 2.83. The third-order valence-corrected chi connectivity index (χ3v) is 2.64. The van der Waals surface area contributed by atoms with Crippen LogP contribution in [0.15, 0.2) is 30.3 Å². The number of aliphatic hydroxyl groups excluding tert-OH is 1. The molecule has 0 saturated carbocycles. The molecule has 0 heterocycles. The molecule has 1 rings (SSSR count). The fraction of sp³-hybridized carbons (Fsp3) is 0.462. The van der Waals surface area contributed by atoms with Crippen molar-refractivity contribution in [3.8, 4) is 0 Å². The van der Waals surface area contributed by atoms with E-state index in [2.05, 4.69) is 0 Å². The maximum Gasteiger partial charge on any atom is 0.315 e. The Labute approximate surface area is 96.1 Å². The fourth-order valence-electron chi connectivity index (χ4n) is 1.64. The van der Waals surface area contributed by atoms with Gasteiger partial charge in [0.15, 0.2) is 0 Å². The van der Waals surface area contributed by atoms with Crippen molar-refractivity contribution >= 4 is 5.97 Å². The molecule has 88 valence electrons. The SMILES string of the molecule is COC(=O)[C@H](c1ccccc1)[C@@H](O)C(C)C. The zero-order valence-corrected chi connectivity index (χ0v) is 9.88. The summed E-state index contributed by atoms with van der Waals surface area (Å²) in [4.78, 5) is 11.7. The topological polar surface area (TPSA) is 46.5 Å². The first kappa shape index (κ1) is 12.7. The van der Waals surface area contributed by atoms with E-state index in [4.69, 9.17) is 4.74 Å². The number of rotatable bonds is 4. The summed E-state index contributed by atoms with van der Waals surface area (Å²) in [5.41, 5.74) is 0.788. The Morgan fingerprint density at radius 2 is 1.81 bits per heavy atom. The highest BCUT2D eigenvalue weighted by Gasteiger charge is 2.31. The van der Waals surface area contributed by atoms with Crippen molar-refractivity contribution in [2.45, 2.75) is 25.9 Å². The van der Waals surface area contributed by atoms with Crippen molar-refractivity contribution in [3.63, 3.8) is 0 Å². The summed E-state index contributed by atoms with van der Waals surface area (Å²) in [5.74, 6) is -0.997. The maximum absolute atomic E-state index is 11.7. The van der Waals surface area contributed by atoms with Crippen LogP contribution in [-0.4, -0.2) is 24.3 Å². The number of hydrogen-bond donors (Lipinski definition) is 1. The second-order valence-electron chi connectivity index (χ2n) is 4.15. The Hall–Kier alpha value is -1.35. The second kappa shape index (κ2) is 5.66. The van der Waals surface area contributed by atoms with Crippen LogP contribution >= 0.6 is 0 Å². The lowest BCUT2D eigenvalue weighted by Gasteiger charge is -2.23. The minimum atomic E-state index is -0.727. The van der Waals surface area contributed by atoms with Crippen molar-refractivity contribution in [1.29, 1.82) is 0 Å². The molecule has 0 amide bonds. The van der Waals surface area contributed by atoms with E-state index in [1.807, 2.05) is 44.2 Å². The van der Waals surface area contributed by atoms with Crippen LogP contribution in [0.4, 0.5) is 0 Å². The third-order valence-electron chi connectivity index (χ3n) is 2.64. The van der Waals surface area contributed by atoms with E-state index >= 15 is 0 Å². The van der Waals surface area contributed by atoms with E-state index < -0.39 is 18.0 Å². The Bertz CT molecular complexity index is 332. The predicted molar refractivity (Wildman–Crippen MR) is 62.0 cm³/mol. The molecule has 0 unspecified atom stereocenters. The van der Waals surface area contributed by atoms with E-state index in [-0.39, 0.29) is 5.92 Å². The summed E-state index contributed by atoms with van der Waals surface area (Å²) in [5, 5.41) is 10.0. The monoisotopic (exact) mass is 222 g/mol. The largest absolute Gasteiger partial charge is 0.468 e. The lowest BCUT2D eigenvalue weighted by atomic mass is 9.87. The van der Waals surface area contributed by atoms with Gasteiger partial charge in [0.1, 0.15) is 5.92 Å². The van der Waals surface area contributed by atoms with Gasteiger partial charge in [-0.15, -0.1) is 0 Å². The fourth-order valence-corrected chi connectivity index (χ4v) is 1.64. The van der Waals surface area contributed by atoms with Gasteiger partial charge in [-0.2, -0.15) is 0 Å². The minimum Gasteiger partial charge on any atom is -0.468 e. The molecule has 1 N–H and O–H groups in total. The van der Waals surface area contributed by atoms with Gasteiger partial charge >= 0.3 is 5.97 Å². The molecule has 16 heavy (non-hydrogen) atoms. The van der Waals surface area contributed by atoms with Crippen LogP contribution in [0, 0.1) is 5.92 Å². The van der Waals surface area contributed by atoms with Gasteiger partial charge in [0, 0.05) is 0 Å². The summed E-state index contributed by atoms with van der Waals surface area (Å²) >= 11 is 0. The number of esters is 1. The molecule has 1 aromatic rings. The highest BCUT2D eigenvalue weighted by atomic mass is 16.5. The number of carbonyl (C=O) groups is 1. The zero-order chi connectivity index (χ0) is 12.1. The summed E-state index contributed by atoms with van der Waals surface area (Å²) in [6.45, 7) is 3.76. The lowest BCUT2D eigenvalue weighted by molar-refractivity contribution is -0.146. The van der Waals surface area contributed by atoms with E-state index in [9.17, 15) is 9.90 Å². The molecule has 0 radical (unpaired) electrons. The number of benzene rings is 1. The van der Waals surface area contributed by atoms with Crippen molar-refractivity contribution < 1.29 is 14.6 Å². The Balaban J connectivity index is 3.01. The maximum atomic E-state index is 11.7. The van der Waals surface area contributed by atoms with Gasteiger partial charge < -0.3 is 9.84 Å². The first-order valence-corrected chi connectivity index (χ1v) is 5.38. The number of hydrogen-bond acceptors (Lipinski definition) is 3. The minimum absolute atomic E-state index is 0.00399. The molecule has 0 saturated heterocycles. The number of aliphatic hydroxyl groups is 1. The van der Waals surface area contributed by atoms with Gasteiger partial charge in [0.25, 0.3) is 0 Å². The Kier molecular flexibility index (Phi) is 4.50. The quantitative estimate of drug-likeness (QED) is 0.792. The molecule has 3 nitrogen and oxygen atoms in total. The van der Waals surface area contributed by atoms with E-state index in [1.165, 1.54) is 7.11 Å². The van der Waals surface area contributed by atoms with E-state index in [0.29, 0.717) is 0 Å². The van der Waals surface area contributed by atoms with Crippen LogP contribution in [0.25, 0.3) is 0 Å². The molecular formula is C13H18O3. The first-order chi connectivity index (χ1) is 7.57. The van der Waals surface area contributed by atoms with Crippen LogP contribution in [0.2, 0.25) is 0 Å². The molecule has 0 bridgehead atoms. The van der Waals surface area contributed by atoms with Crippen molar-refractivity contribution in [2.24, 2.45) is 5.92 Å². The Morgan fingerprint density at radius 3 is 2.25 bits per heavy atom. The standard InChI is InChI=1S/C13H18O3/c1-9(2)12(14)11(13(15)16-3)10-7-5-4-6-8-10/h4-9,11-12,14H,1-3H3/t11-,12+/m1/s1. The highest BCUT2D eigenvalue weighted by Crippen LogP contribution is 2.25. The molecule has 0 aliphatic heterocycles. The predicted octanol–water partition coefficient (Wildman–Crippen LogP) is 1.96. The van der Waals surface area contributed by atoms with Crippen molar-refractivity contribution in [1.82, 2.24) is 0 Å². The number of ether oxygens (including phenoxy) is 1. The average Bonchev–Trinajstić information content (AvgIpc) is 2.30. The molecule has 1 aromatic carbocycles. The molecule has 3 heteroatoms. The van der Waals surface area contributed by atoms with E-state index in [1.54, 1.807) is 0 Å². The van der Waals surface area contributed by atoms with Gasteiger partial charge in [-0.1, -0.05) is 44.2 Å². The molecule has 0 fully saturated rings. The highest BCUT2D eigenvalue weighted by molar-refractivity contribution is 5.78. The van der Waals surface area contributed by atoms with Gasteiger partial charge in [-0.3, -0.25) is 4.79 Å². The number of methoxy groups -OCH3 is 1. The first-order valence-electron chi connectivity index (χ1n) is 5.38. The summed E-state index contributed by atoms with van der Waals surface area (Å²) in [6.07, 6.45) is -0.727. The van der Waals surface area contributed by atoms with Gasteiger partial charge in [0.05, 0.1) is 13.2 Å². The van der Waals surface area contributed by atoms with Gasteiger partial charge in [0.2, 0.25) is 0 Å². The summed E-state index contributed by atoms with van der Waals surface area (Å²) < 4.78 is 4.74. The van der Waals surface area contributed by atoms with Crippen LogP contribution in [0.5, 0.6) is 0 Å². The summed E-state index contributed by atoms with van der Waals surface area (Å²) in [7, 11) is 1.34. The van der Waals surface area contributed by atoms with Gasteiger partial charge in [-0.05, 0) is 11.5 Å². The van der Waals surface area contributed by atoms with Crippen molar-refractivity contribution in [3.05, 3.63) is 35.9 Å². The van der Waals surface area contributed by atoms with Gasteiger partial charge in [-0.25, -0.2) is 0 Å². The van der Waals surface area contributed by atoms with Crippen LogP contribution in [0.3, 0.4) is 0 Å². The molecule has 0 aliphatic rings. The Morgan fingerprint density at radius 1 is 1.25 bits per heavy atom. The van der Waals surface area contributed by atoms with E-state index in [0.717, 1.165) is 5.56 Å². The average molecular weight is 222 g/mol.